The molecule has 2 aromatic rings. The van der Waals surface area contributed by atoms with Gasteiger partial charge in [-0.2, -0.15) is 0 Å². The average molecular weight is 838 g/mol. The second kappa shape index (κ2) is 19.9. The molecule has 60 heavy (non-hydrogen) atoms. The Morgan fingerprint density at radius 2 is 1.80 bits per heavy atom. The molecule has 1 saturated carbocycles. The summed E-state index contributed by atoms with van der Waals surface area (Å²) in [5.41, 5.74) is 0.288. The highest BCUT2D eigenvalue weighted by Gasteiger charge is 2.52. The molecule has 13 atom stereocenters. The van der Waals surface area contributed by atoms with Crippen LogP contribution >= 0.6 is 0 Å². The van der Waals surface area contributed by atoms with Crippen LogP contribution in [0.3, 0.4) is 0 Å². The quantitative estimate of drug-likeness (QED) is 0.174. The van der Waals surface area contributed by atoms with Crippen LogP contribution in [0.5, 0.6) is 0 Å². The molecule has 0 unspecified atom stereocenters. The number of nitrogens with zero attached hydrogens (tertiary/aromatic N) is 5. The third-order valence-electron chi connectivity index (χ3n) is 13.3. The van der Waals surface area contributed by atoms with Crippen LogP contribution in [0.1, 0.15) is 113 Å². The lowest BCUT2D eigenvalue weighted by Crippen LogP contribution is -2.57. The molecule has 2 aliphatic heterocycles. The third kappa shape index (κ3) is 10.8. The average Bonchev–Trinajstić information content (AvgIpc) is 3.74. The highest BCUT2D eigenvalue weighted by molar-refractivity contribution is 6.00. The fourth-order valence-corrected chi connectivity index (χ4v) is 9.88. The zero-order valence-corrected chi connectivity index (χ0v) is 37.3. The molecule has 2 bridgehead atoms. The fraction of sp³-hybridized carbons (Fsp3) is 0.711. The summed E-state index contributed by atoms with van der Waals surface area (Å²) in [5.74, 6) is -4.30. The summed E-state index contributed by atoms with van der Waals surface area (Å²) in [6, 6.07) is 5.18. The number of esters is 1. The minimum Gasteiger partial charge on any atom is -0.459 e. The van der Waals surface area contributed by atoms with E-state index in [0.29, 0.717) is 61.4 Å². The van der Waals surface area contributed by atoms with Crippen molar-refractivity contribution in [2.24, 2.45) is 45.2 Å². The minimum atomic E-state index is -1.60. The monoisotopic (exact) mass is 837 g/mol. The first kappa shape index (κ1) is 47.2. The summed E-state index contributed by atoms with van der Waals surface area (Å²) >= 11 is 0. The van der Waals surface area contributed by atoms with Crippen molar-refractivity contribution in [1.82, 2.24) is 15.0 Å². The van der Waals surface area contributed by atoms with Gasteiger partial charge in [-0.3, -0.25) is 19.4 Å². The maximum absolute atomic E-state index is 14.6. The smallest absolute Gasteiger partial charge is 0.316 e. The number of aliphatic hydroxyl groups excluding tert-OH is 1. The zero-order valence-electron chi connectivity index (χ0n) is 37.3. The normalized spacial score (nSPS) is 37.6. The van der Waals surface area contributed by atoms with Gasteiger partial charge in [0.25, 0.3) is 0 Å². The maximum atomic E-state index is 14.6. The van der Waals surface area contributed by atoms with Gasteiger partial charge in [0.2, 0.25) is 5.91 Å². The van der Waals surface area contributed by atoms with Crippen molar-refractivity contribution in [3.63, 3.8) is 0 Å². The van der Waals surface area contributed by atoms with Gasteiger partial charge in [0.15, 0.2) is 24.4 Å². The van der Waals surface area contributed by atoms with Gasteiger partial charge >= 0.3 is 5.97 Å². The van der Waals surface area contributed by atoms with Crippen LogP contribution < -0.4 is 0 Å². The first-order valence-corrected chi connectivity index (χ1v) is 21.5. The van der Waals surface area contributed by atoms with Crippen LogP contribution in [0.2, 0.25) is 0 Å². The molecule has 5 rings (SSSR count). The molecular weight excluding hydrogens is 771 g/mol. The Morgan fingerprint density at radius 3 is 2.42 bits per heavy atom. The van der Waals surface area contributed by atoms with E-state index < -0.39 is 71.0 Å². The number of amides is 1. The van der Waals surface area contributed by atoms with E-state index in [0.717, 1.165) is 5.56 Å². The molecule has 15 heteroatoms. The number of Topliss-reactive ketones (excluding diaryl/α,β-unsaturated/α-hetero) is 1. The standard InChI is InChI=1S/C45H67N5O10/c1-12-37-45(9,55)34-16-15-32(49-56-24-33-14-13-31(23-46-33)36-18-20-47-60-36)17-19-44(8,22-25(2)38(27(34)4)48-30(7)51)41(28(5)39(52)29(6)42(54)58-37)59-43-40(53)35(50(10)11)21-26(3)57-43/h13-14,18,20,23,25-29,34-35,37,40-41,43,53,55H,12,15-17,19,21-22,24H2,1-11H3/b48-38+,49-32+/t25-,26-,27-,28+,29-,34-,35+,37-,40-,41-,43+,44-,45+/m1/s1. The van der Waals surface area contributed by atoms with Crippen LogP contribution in [0.25, 0.3) is 11.3 Å². The van der Waals surface area contributed by atoms with Crippen molar-refractivity contribution >= 4 is 29.1 Å². The molecule has 2 aromatic heterocycles. The summed E-state index contributed by atoms with van der Waals surface area (Å²) in [6.07, 6.45) is 1.93. The number of aliphatic imine (C=N–C) groups is 1. The van der Waals surface area contributed by atoms with Gasteiger partial charge in [-0.25, -0.2) is 4.99 Å². The third-order valence-corrected chi connectivity index (χ3v) is 13.3. The first-order valence-electron chi connectivity index (χ1n) is 21.5. The van der Waals surface area contributed by atoms with Crippen molar-refractivity contribution in [2.45, 2.75) is 156 Å². The Hall–Kier alpha value is -3.89. The number of rotatable bonds is 8. The lowest BCUT2D eigenvalue weighted by atomic mass is 9.65. The van der Waals surface area contributed by atoms with E-state index in [4.69, 9.17) is 28.7 Å². The van der Waals surface area contributed by atoms with Crippen molar-refractivity contribution in [3.8, 4) is 11.3 Å². The van der Waals surface area contributed by atoms with Gasteiger partial charge in [-0.15, -0.1) is 0 Å². The summed E-state index contributed by atoms with van der Waals surface area (Å²) in [7, 11) is 3.80. The first-order chi connectivity index (χ1) is 28.3. The molecule has 15 nitrogen and oxygen atoms in total. The van der Waals surface area contributed by atoms with Gasteiger partial charge in [0, 0.05) is 48.3 Å². The Labute approximate surface area is 354 Å². The van der Waals surface area contributed by atoms with Gasteiger partial charge in [0.1, 0.15) is 23.7 Å². The van der Waals surface area contributed by atoms with Gasteiger partial charge in [0.05, 0.1) is 29.8 Å². The van der Waals surface area contributed by atoms with Crippen LogP contribution in [-0.4, -0.2) is 111 Å². The van der Waals surface area contributed by atoms with E-state index in [1.165, 1.54) is 13.8 Å². The number of likely N-dealkylation sites (N-methyl/N-ethyl adjacent to an activating group) is 1. The summed E-state index contributed by atoms with van der Waals surface area (Å²) in [5, 5.41) is 32.7. The Balaban J connectivity index is 1.63. The number of cyclic esters (lactones) is 1. The van der Waals surface area contributed by atoms with E-state index in [9.17, 15) is 24.6 Å². The predicted octanol–water partition coefficient (Wildman–Crippen LogP) is 6.19. The minimum absolute atomic E-state index is 0.0899. The molecule has 1 amide bonds. The number of fused-ring (bicyclic) bond motifs is 5. The summed E-state index contributed by atoms with van der Waals surface area (Å²) < 4.78 is 24.6. The highest BCUT2D eigenvalue weighted by atomic mass is 16.7. The molecule has 0 radical (unpaired) electrons. The van der Waals surface area contributed by atoms with E-state index in [1.54, 1.807) is 32.3 Å². The molecule has 3 aliphatic rings. The van der Waals surface area contributed by atoms with Crippen LogP contribution in [0.15, 0.2) is 45.3 Å². The van der Waals surface area contributed by atoms with Gasteiger partial charge in [-0.1, -0.05) is 44.9 Å². The SMILES string of the molecule is CC[C@H]1OC(=O)[C@H](C)C(=O)[C@H](C)[C@@H](O[C@@H]2O[C@H](C)C[C@H](N(C)C)[C@H]2O)[C@]2(C)CC/C(=N/OCc3ccc(-c4ccno4)cn3)CC[C@H]([C@@H](C)/C(=N/C(C)=O)[C@H](C)C2)[C@]1(C)O. The lowest BCUT2D eigenvalue weighted by molar-refractivity contribution is -0.286. The van der Waals surface area contributed by atoms with E-state index in [2.05, 4.69) is 15.1 Å². The molecule has 2 N–H and O–H groups in total. The van der Waals surface area contributed by atoms with Crippen molar-refractivity contribution < 1.29 is 48.2 Å². The molecule has 0 aromatic carbocycles. The zero-order chi connectivity index (χ0) is 44.1. The Bertz CT molecular complexity index is 1830. The predicted molar refractivity (Wildman–Crippen MR) is 225 cm³/mol. The number of aliphatic hydroxyl groups is 2. The molecule has 0 spiro atoms. The van der Waals surface area contributed by atoms with Crippen LogP contribution in [0, 0.1) is 35.0 Å². The molecule has 4 heterocycles. The number of ether oxygens (including phenoxy) is 3. The van der Waals surface area contributed by atoms with E-state index in [1.807, 2.05) is 65.7 Å². The topological polar surface area (TPSA) is 195 Å². The second-order valence-corrected chi connectivity index (χ2v) is 18.2. The number of oxime groups is 1. The van der Waals surface area contributed by atoms with Crippen molar-refractivity contribution in [3.05, 3.63) is 36.3 Å². The fourth-order valence-electron chi connectivity index (χ4n) is 9.88. The molecule has 3 fully saturated rings. The Morgan fingerprint density at radius 1 is 1.07 bits per heavy atom. The molecular formula is C45H67N5O10. The van der Waals surface area contributed by atoms with E-state index in [-0.39, 0.29) is 37.0 Å². The van der Waals surface area contributed by atoms with Gasteiger partial charge in [-0.05, 0) is 109 Å². The number of pyridine rings is 1. The summed E-state index contributed by atoms with van der Waals surface area (Å²) in [4.78, 5) is 58.5. The number of aromatic nitrogens is 2. The Kier molecular flexibility index (Phi) is 15.6. The number of hydrogen-bond donors (Lipinski definition) is 2. The second-order valence-electron chi connectivity index (χ2n) is 18.2. The molecule has 2 saturated heterocycles. The molecule has 1 aliphatic carbocycles. The number of ketones is 1. The summed E-state index contributed by atoms with van der Waals surface area (Å²) in [6.45, 7) is 16.2. The van der Waals surface area contributed by atoms with Crippen LogP contribution in [-0.2, 0) is 40.0 Å². The lowest BCUT2D eigenvalue weighted by Gasteiger charge is -2.48. The highest BCUT2D eigenvalue weighted by Crippen LogP contribution is 2.46. The van der Waals surface area contributed by atoms with Gasteiger partial charge < -0.3 is 38.7 Å². The number of hydrogen-bond acceptors (Lipinski definition) is 14. The number of carbonyl (C=O) groups is 3. The largest absolute Gasteiger partial charge is 0.459 e. The van der Waals surface area contributed by atoms with Crippen molar-refractivity contribution in [1.29, 1.82) is 0 Å². The molecule has 332 valence electrons. The number of carbonyl (C=O) groups excluding carboxylic acids is 3. The van der Waals surface area contributed by atoms with Crippen molar-refractivity contribution in [2.75, 3.05) is 14.1 Å². The maximum Gasteiger partial charge on any atom is 0.316 e. The van der Waals surface area contributed by atoms with E-state index >= 15 is 0 Å². The van der Waals surface area contributed by atoms with Crippen LogP contribution in [0.4, 0.5) is 0 Å².